The number of nitrogen functional groups attached to an aromatic ring is 1. The van der Waals surface area contributed by atoms with Crippen LogP contribution in [0.1, 0.15) is 46.3 Å². The lowest BCUT2D eigenvalue weighted by Gasteiger charge is -2.12. The molecule has 8 heteroatoms. The van der Waals surface area contributed by atoms with E-state index in [0.29, 0.717) is 16.0 Å². The molecule has 0 fully saturated rings. The summed E-state index contributed by atoms with van der Waals surface area (Å²) in [6.45, 7) is 4.01. The molecule has 1 heterocycles. The van der Waals surface area contributed by atoms with Gasteiger partial charge in [0.15, 0.2) is 11.6 Å². The quantitative estimate of drug-likeness (QED) is 0.768. The lowest BCUT2D eigenvalue weighted by Crippen LogP contribution is -2.83. The molecule has 0 saturated carbocycles. The normalized spacial score (nSPS) is 11.8. The molecule has 0 aliphatic carbocycles. The summed E-state index contributed by atoms with van der Waals surface area (Å²) >= 11 is 1.02. The molecule has 0 spiro atoms. The second-order valence-electron chi connectivity index (χ2n) is 5.38. The number of halogens is 2. The van der Waals surface area contributed by atoms with Crippen LogP contribution in [0.2, 0.25) is 0 Å². The first-order valence-corrected chi connectivity index (χ1v) is 8.47. The number of esters is 1. The smallest absolute Gasteiger partial charge is 0.348 e. The number of thiophene rings is 1. The van der Waals surface area contributed by atoms with Crippen molar-refractivity contribution >= 4 is 22.3 Å². The summed E-state index contributed by atoms with van der Waals surface area (Å²) in [6, 6.07) is 5.50. The molecule has 5 nitrogen and oxygen atoms in total. The number of carbonyl (C=O) groups is 1. The molecule has 132 valence electrons. The van der Waals surface area contributed by atoms with Crippen molar-refractivity contribution in [3.05, 3.63) is 51.4 Å². The van der Waals surface area contributed by atoms with Crippen LogP contribution in [-0.2, 0) is 11.3 Å². The van der Waals surface area contributed by atoms with Crippen LogP contribution in [0.3, 0.4) is 0 Å². The third kappa shape index (κ3) is 4.13. The average Bonchev–Trinajstić information content (AvgIpc) is 2.91. The minimum atomic E-state index is -0.914. The van der Waals surface area contributed by atoms with Gasteiger partial charge in [0.05, 0.1) is 17.7 Å². The zero-order valence-electron chi connectivity index (χ0n) is 13.8. The van der Waals surface area contributed by atoms with E-state index in [-0.39, 0.29) is 29.8 Å². The van der Waals surface area contributed by atoms with Crippen molar-refractivity contribution in [2.75, 3.05) is 12.3 Å². The lowest BCUT2D eigenvalue weighted by molar-refractivity contribution is -0.707. The summed E-state index contributed by atoms with van der Waals surface area (Å²) in [5, 5.41) is 11.4. The van der Waals surface area contributed by atoms with Gasteiger partial charge in [0.2, 0.25) is 0 Å². The van der Waals surface area contributed by atoms with Crippen LogP contribution in [-0.4, -0.2) is 12.6 Å². The van der Waals surface area contributed by atoms with E-state index in [1.54, 1.807) is 6.92 Å². The minimum Gasteiger partial charge on any atom is -0.462 e. The van der Waals surface area contributed by atoms with Crippen molar-refractivity contribution in [2.24, 2.45) is 0 Å². The molecule has 1 aromatic heterocycles. The predicted molar refractivity (Wildman–Crippen MR) is 89.8 cm³/mol. The van der Waals surface area contributed by atoms with E-state index in [1.807, 2.05) is 18.3 Å². The van der Waals surface area contributed by atoms with Crippen molar-refractivity contribution in [2.45, 2.75) is 26.4 Å². The molecule has 0 radical (unpaired) electrons. The molecule has 1 atom stereocenters. The van der Waals surface area contributed by atoms with Crippen LogP contribution in [0.25, 0.3) is 0 Å². The molecule has 0 unspecified atom stereocenters. The van der Waals surface area contributed by atoms with Crippen molar-refractivity contribution in [1.82, 2.24) is 0 Å². The van der Waals surface area contributed by atoms with E-state index in [9.17, 15) is 18.8 Å². The maximum absolute atomic E-state index is 13.4. The van der Waals surface area contributed by atoms with Gasteiger partial charge in [-0.25, -0.2) is 13.6 Å². The first kappa shape index (κ1) is 18.8. The number of hydrogen-bond donors (Lipinski definition) is 2. The molecule has 0 aliphatic rings. The number of rotatable bonds is 6. The molecule has 0 saturated heterocycles. The van der Waals surface area contributed by atoms with Crippen LogP contribution in [0.15, 0.2) is 18.2 Å². The fraction of sp³-hybridized carbons (Fsp3) is 0.294. The van der Waals surface area contributed by atoms with Gasteiger partial charge >= 0.3 is 5.97 Å². The van der Waals surface area contributed by atoms with Gasteiger partial charge < -0.3 is 15.8 Å². The zero-order chi connectivity index (χ0) is 18.6. The van der Waals surface area contributed by atoms with Gasteiger partial charge in [0.1, 0.15) is 28.5 Å². The maximum atomic E-state index is 13.4. The molecule has 25 heavy (non-hydrogen) atoms. The SMILES string of the molecule is CCOC(=O)c1sc(N)c(C#N)c1C[NH2+][C@@H](C)c1ccc(F)c(F)c1. The molecule has 1 aromatic carbocycles. The number of hydrogen-bond acceptors (Lipinski definition) is 5. The first-order chi connectivity index (χ1) is 11.9. The van der Waals surface area contributed by atoms with E-state index in [0.717, 1.165) is 23.5 Å². The van der Waals surface area contributed by atoms with Crippen LogP contribution >= 0.6 is 11.3 Å². The molecule has 0 aliphatic heterocycles. The summed E-state index contributed by atoms with van der Waals surface area (Å²) < 4.78 is 31.4. The molecule has 2 aromatic rings. The van der Waals surface area contributed by atoms with Crippen molar-refractivity contribution < 1.29 is 23.6 Å². The van der Waals surface area contributed by atoms with Gasteiger partial charge in [-0.1, -0.05) is 0 Å². The fourth-order valence-corrected chi connectivity index (χ4v) is 3.33. The Hall–Kier alpha value is -2.50. The molecule has 4 N–H and O–H groups in total. The Morgan fingerprint density at radius 3 is 2.76 bits per heavy atom. The molecule has 2 rings (SSSR count). The monoisotopic (exact) mass is 366 g/mol. The van der Waals surface area contributed by atoms with Gasteiger partial charge in [-0.2, -0.15) is 5.26 Å². The summed E-state index contributed by atoms with van der Waals surface area (Å²) in [4.78, 5) is 12.4. The number of anilines is 1. The van der Waals surface area contributed by atoms with Gasteiger partial charge in [-0.3, -0.25) is 0 Å². The zero-order valence-corrected chi connectivity index (χ0v) is 14.6. The van der Waals surface area contributed by atoms with Gasteiger partial charge in [0.25, 0.3) is 0 Å². The van der Waals surface area contributed by atoms with Gasteiger partial charge in [-0.05, 0) is 32.0 Å². The van der Waals surface area contributed by atoms with Crippen LogP contribution in [0, 0.1) is 23.0 Å². The highest BCUT2D eigenvalue weighted by Crippen LogP contribution is 2.30. The van der Waals surface area contributed by atoms with Crippen molar-refractivity contribution in [1.29, 1.82) is 5.26 Å². The number of nitriles is 1. The average molecular weight is 366 g/mol. The van der Waals surface area contributed by atoms with Crippen LogP contribution < -0.4 is 11.1 Å². The second-order valence-corrected chi connectivity index (χ2v) is 6.44. The van der Waals surface area contributed by atoms with Crippen molar-refractivity contribution in [3.8, 4) is 6.07 Å². The Labute approximate surface area is 148 Å². The fourth-order valence-electron chi connectivity index (χ4n) is 2.39. The lowest BCUT2D eigenvalue weighted by atomic mass is 10.1. The van der Waals surface area contributed by atoms with Crippen LogP contribution in [0.5, 0.6) is 0 Å². The number of benzene rings is 1. The Morgan fingerprint density at radius 1 is 1.44 bits per heavy atom. The highest BCUT2D eigenvalue weighted by atomic mass is 32.1. The molecule has 0 bridgehead atoms. The third-order valence-corrected chi connectivity index (χ3v) is 4.79. The molecular formula is C17H18F2N3O2S+. The van der Waals surface area contributed by atoms with Crippen molar-refractivity contribution in [3.63, 3.8) is 0 Å². The van der Waals surface area contributed by atoms with E-state index in [2.05, 4.69) is 0 Å². The number of nitrogens with two attached hydrogens (primary N) is 2. The summed E-state index contributed by atoms with van der Waals surface area (Å²) in [5.74, 6) is -2.34. The third-order valence-electron chi connectivity index (χ3n) is 3.75. The minimum absolute atomic E-state index is 0.210. The summed E-state index contributed by atoms with van der Waals surface area (Å²) in [6.07, 6.45) is 0. The highest BCUT2D eigenvalue weighted by molar-refractivity contribution is 7.18. The maximum Gasteiger partial charge on any atom is 0.348 e. The number of ether oxygens (including phenoxy) is 1. The summed E-state index contributed by atoms with van der Waals surface area (Å²) in [5.41, 5.74) is 7.17. The Kier molecular flexibility index (Phi) is 6.07. The molecular weight excluding hydrogens is 348 g/mol. The Balaban J connectivity index is 2.23. The number of nitrogens with zero attached hydrogens (tertiary/aromatic N) is 1. The Bertz CT molecular complexity index is 830. The standard InChI is InChI=1S/C17H17F2N3O2S/c1-3-24-17(23)15-12(11(7-20)16(21)25-15)8-22-9(2)10-4-5-13(18)14(19)6-10/h4-6,9,22H,3,8,21H2,1-2H3/p+1/t9-/m0/s1. The molecule has 0 amide bonds. The predicted octanol–water partition coefficient (Wildman–Crippen LogP) is 2.48. The van der Waals surface area contributed by atoms with Gasteiger partial charge in [0, 0.05) is 5.56 Å². The van der Waals surface area contributed by atoms with E-state index >= 15 is 0 Å². The second kappa shape index (κ2) is 8.05. The van der Waals surface area contributed by atoms with E-state index in [1.165, 1.54) is 6.07 Å². The van der Waals surface area contributed by atoms with Gasteiger partial charge in [-0.15, -0.1) is 11.3 Å². The summed E-state index contributed by atoms with van der Waals surface area (Å²) in [7, 11) is 0. The topological polar surface area (TPSA) is 92.7 Å². The Morgan fingerprint density at radius 2 is 2.16 bits per heavy atom. The number of quaternary nitrogens is 1. The first-order valence-electron chi connectivity index (χ1n) is 7.65. The van der Waals surface area contributed by atoms with E-state index in [4.69, 9.17) is 10.5 Å². The van der Waals surface area contributed by atoms with Crippen LogP contribution in [0.4, 0.5) is 13.8 Å². The largest absolute Gasteiger partial charge is 0.462 e. The highest BCUT2D eigenvalue weighted by Gasteiger charge is 2.24. The van der Waals surface area contributed by atoms with E-state index < -0.39 is 17.6 Å². The number of carbonyl (C=O) groups excluding carboxylic acids is 1.